The summed E-state index contributed by atoms with van der Waals surface area (Å²) in [5, 5.41) is 0. The van der Waals surface area contributed by atoms with E-state index in [1.165, 1.54) is 12.1 Å². The molecule has 0 fully saturated rings. The molecule has 20 heavy (non-hydrogen) atoms. The summed E-state index contributed by atoms with van der Waals surface area (Å²) in [5.74, 6) is 0.586. The van der Waals surface area contributed by atoms with Gasteiger partial charge in [0, 0.05) is 24.1 Å². The molecule has 0 saturated heterocycles. The summed E-state index contributed by atoms with van der Waals surface area (Å²) in [6, 6.07) is 12.0. The summed E-state index contributed by atoms with van der Waals surface area (Å²) >= 11 is 0. The van der Waals surface area contributed by atoms with Gasteiger partial charge in [0.15, 0.2) is 5.78 Å². The minimum absolute atomic E-state index is 0.147. The molecule has 1 aromatic heterocycles. The van der Waals surface area contributed by atoms with E-state index in [0.29, 0.717) is 18.5 Å². The Morgan fingerprint density at radius 1 is 1.15 bits per heavy atom. The molecule has 0 N–H and O–H groups in total. The quantitative estimate of drug-likeness (QED) is 0.676. The van der Waals surface area contributed by atoms with Crippen LogP contribution in [0.3, 0.4) is 0 Å². The number of benzene rings is 2. The summed E-state index contributed by atoms with van der Waals surface area (Å²) in [5.41, 5.74) is 3.10. The van der Waals surface area contributed by atoms with Crippen LogP contribution in [0.15, 0.2) is 42.5 Å². The normalized spacial score (nSPS) is 13.9. The second kappa shape index (κ2) is 4.00. The van der Waals surface area contributed by atoms with Gasteiger partial charge in [-0.2, -0.15) is 0 Å². The average molecular weight is 266 g/mol. The van der Waals surface area contributed by atoms with E-state index in [9.17, 15) is 9.18 Å². The topological polar surface area (TPSA) is 34.9 Å². The fourth-order valence-corrected chi connectivity index (χ4v) is 2.82. The monoisotopic (exact) mass is 266 g/mol. The highest BCUT2D eigenvalue weighted by molar-refractivity contribution is 6.08. The maximum atomic E-state index is 13.4. The van der Waals surface area contributed by atoms with E-state index in [1.807, 2.05) is 28.8 Å². The number of ketones is 1. The predicted octanol–water partition coefficient (Wildman–Crippen LogP) is 3.43. The molecule has 1 aliphatic rings. The highest BCUT2D eigenvalue weighted by Crippen LogP contribution is 2.31. The zero-order valence-corrected chi connectivity index (χ0v) is 10.6. The van der Waals surface area contributed by atoms with Crippen molar-refractivity contribution in [3.05, 3.63) is 53.8 Å². The maximum Gasteiger partial charge on any atom is 0.166 e. The minimum Gasteiger partial charge on any atom is -0.323 e. The van der Waals surface area contributed by atoms with Crippen molar-refractivity contribution in [1.82, 2.24) is 9.55 Å². The predicted molar refractivity (Wildman–Crippen MR) is 74.1 cm³/mol. The van der Waals surface area contributed by atoms with E-state index in [1.54, 1.807) is 6.07 Å². The van der Waals surface area contributed by atoms with Crippen LogP contribution in [0.4, 0.5) is 4.39 Å². The van der Waals surface area contributed by atoms with Crippen molar-refractivity contribution in [3.8, 4) is 11.4 Å². The van der Waals surface area contributed by atoms with E-state index >= 15 is 0 Å². The SMILES string of the molecule is O=C1CCn2c(-c3cccc(F)c3)nc3cccc1c32. The fraction of sp³-hybridized carbons (Fsp3) is 0.125. The highest BCUT2D eigenvalue weighted by Gasteiger charge is 2.23. The lowest BCUT2D eigenvalue weighted by molar-refractivity contribution is 0.0973. The Morgan fingerprint density at radius 2 is 2.00 bits per heavy atom. The van der Waals surface area contributed by atoms with Gasteiger partial charge in [0.25, 0.3) is 0 Å². The van der Waals surface area contributed by atoms with Gasteiger partial charge >= 0.3 is 0 Å². The molecule has 0 spiro atoms. The Kier molecular flexibility index (Phi) is 2.27. The second-order valence-corrected chi connectivity index (χ2v) is 4.94. The van der Waals surface area contributed by atoms with Crippen LogP contribution in [-0.4, -0.2) is 15.3 Å². The van der Waals surface area contributed by atoms with Gasteiger partial charge in [-0.3, -0.25) is 4.79 Å². The lowest BCUT2D eigenvalue weighted by Crippen LogP contribution is -2.14. The maximum absolute atomic E-state index is 13.4. The Balaban J connectivity index is 2.06. The summed E-state index contributed by atoms with van der Waals surface area (Å²) in [4.78, 5) is 16.5. The first-order valence-corrected chi connectivity index (χ1v) is 6.52. The standard InChI is InChI=1S/C16H11FN2O/c17-11-4-1-3-10(9-11)16-18-13-6-2-5-12-14(20)7-8-19(16)15(12)13/h1-6,9H,7-8H2. The van der Waals surface area contributed by atoms with Crippen LogP contribution in [0, 0.1) is 5.82 Å². The van der Waals surface area contributed by atoms with Gasteiger partial charge in [-0.1, -0.05) is 18.2 Å². The van der Waals surface area contributed by atoms with Crippen LogP contribution >= 0.6 is 0 Å². The minimum atomic E-state index is -0.283. The van der Waals surface area contributed by atoms with Crippen LogP contribution in [0.25, 0.3) is 22.4 Å². The smallest absolute Gasteiger partial charge is 0.166 e. The number of imidazole rings is 1. The zero-order chi connectivity index (χ0) is 13.7. The Labute approximate surface area is 114 Å². The van der Waals surface area contributed by atoms with Crippen molar-refractivity contribution < 1.29 is 9.18 Å². The number of para-hydroxylation sites is 1. The largest absolute Gasteiger partial charge is 0.323 e. The Bertz CT molecular complexity index is 851. The molecule has 98 valence electrons. The Hall–Kier alpha value is -2.49. The molecular formula is C16H11FN2O. The van der Waals surface area contributed by atoms with Gasteiger partial charge < -0.3 is 4.57 Å². The molecule has 4 heteroatoms. The first kappa shape index (κ1) is 11.3. The number of carbonyl (C=O) groups excluding carboxylic acids is 1. The van der Waals surface area contributed by atoms with Crippen molar-refractivity contribution in [1.29, 1.82) is 0 Å². The van der Waals surface area contributed by atoms with Crippen LogP contribution < -0.4 is 0 Å². The van der Waals surface area contributed by atoms with E-state index < -0.39 is 0 Å². The van der Waals surface area contributed by atoms with Gasteiger partial charge in [0.1, 0.15) is 11.6 Å². The van der Waals surface area contributed by atoms with Crippen LogP contribution in [-0.2, 0) is 6.54 Å². The average Bonchev–Trinajstić information content (AvgIpc) is 2.83. The lowest BCUT2D eigenvalue weighted by atomic mass is 10.0. The first-order chi connectivity index (χ1) is 9.74. The zero-order valence-electron chi connectivity index (χ0n) is 10.6. The third-order valence-electron chi connectivity index (χ3n) is 3.71. The molecule has 0 aliphatic carbocycles. The Morgan fingerprint density at radius 3 is 2.85 bits per heavy atom. The number of carbonyl (C=O) groups is 1. The molecule has 3 nitrogen and oxygen atoms in total. The van der Waals surface area contributed by atoms with Crippen LogP contribution in [0.5, 0.6) is 0 Å². The third kappa shape index (κ3) is 1.51. The van der Waals surface area contributed by atoms with E-state index in [0.717, 1.165) is 22.4 Å². The fourth-order valence-electron chi connectivity index (χ4n) is 2.82. The molecule has 4 rings (SSSR count). The number of Topliss-reactive ketones (excluding diaryl/α,β-unsaturated/α-hetero) is 1. The summed E-state index contributed by atoms with van der Waals surface area (Å²) in [6.07, 6.45) is 0.463. The van der Waals surface area contributed by atoms with Crippen LogP contribution in [0.1, 0.15) is 16.8 Å². The van der Waals surface area contributed by atoms with Crippen molar-refractivity contribution in [2.24, 2.45) is 0 Å². The molecule has 2 heterocycles. The summed E-state index contributed by atoms with van der Waals surface area (Å²) < 4.78 is 15.4. The number of rotatable bonds is 1. The molecule has 1 aliphatic heterocycles. The van der Waals surface area contributed by atoms with Crippen molar-refractivity contribution in [3.63, 3.8) is 0 Å². The first-order valence-electron chi connectivity index (χ1n) is 6.52. The van der Waals surface area contributed by atoms with E-state index in [2.05, 4.69) is 4.98 Å². The third-order valence-corrected chi connectivity index (χ3v) is 3.71. The number of aryl methyl sites for hydroxylation is 1. The van der Waals surface area contributed by atoms with Gasteiger partial charge in [-0.15, -0.1) is 0 Å². The van der Waals surface area contributed by atoms with Crippen molar-refractivity contribution >= 4 is 16.8 Å². The molecule has 0 unspecified atom stereocenters. The molecule has 0 atom stereocenters. The summed E-state index contributed by atoms with van der Waals surface area (Å²) in [6.45, 7) is 0.595. The summed E-state index contributed by atoms with van der Waals surface area (Å²) in [7, 11) is 0. The van der Waals surface area contributed by atoms with Gasteiger partial charge in [-0.05, 0) is 24.3 Å². The van der Waals surface area contributed by atoms with Gasteiger partial charge in [-0.25, -0.2) is 9.37 Å². The van der Waals surface area contributed by atoms with Crippen molar-refractivity contribution in [2.45, 2.75) is 13.0 Å². The van der Waals surface area contributed by atoms with E-state index in [-0.39, 0.29) is 11.6 Å². The molecule has 0 bridgehead atoms. The number of nitrogens with zero attached hydrogens (tertiary/aromatic N) is 2. The van der Waals surface area contributed by atoms with Gasteiger partial charge in [0.05, 0.1) is 11.0 Å². The van der Waals surface area contributed by atoms with Crippen molar-refractivity contribution in [2.75, 3.05) is 0 Å². The second-order valence-electron chi connectivity index (χ2n) is 4.94. The van der Waals surface area contributed by atoms with Crippen LogP contribution in [0.2, 0.25) is 0 Å². The van der Waals surface area contributed by atoms with E-state index in [4.69, 9.17) is 0 Å². The number of aromatic nitrogens is 2. The molecular weight excluding hydrogens is 255 g/mol. The van der Waals surface area contributed by atoms with Gasteiger partial charge in [0.2, 0.25) is 0 Å². The highest BCUT2D eigenvalue weighted by atomic mass is 19.1. The number of hydrogen-bond donors (Lipinski definition) is 0. The number of hydrogen-bond acceptors (Lipinski definition) is 2. The molecule has 0 radical (unpaired) electrons. The number of halogens is 1. The molecule has 0 amide bonds. The molecule has 0 saturated carbocycles. The molecule has 2 aromatic carbocycles. The molecule has 3 aromatic rings. The lowest BCUT2D eigenvalue weighted by Gasteiger charge is -2.15.